The van der Waals surface area contributed by atoms with Crippen molar-refractivity contribution in [1.29, 1.82) is 0 Å². The fourth-order valence-electron chi connectivity index (χ4n) is 1.98. The Hall–Kier alpha value is -1.58. The summed E-state index contributed by atoms with van der Waals surface area (Å²) < 4.78 is 13.2. The van der Waals surface area contributed by atoms with Gasteiger partial charge in [0.25, 0.3) is 0 Å². The zero-order valence-corrected chi connectivity index (χ0v) is 12.2. The molecule has 0 aliphatic heterocycles. The summed E-state index contributed by atoms with van der Waals surface area (Å²) in [5, 5.41) is 1.83. The lowest BCUT2D eigenvalue weighted by atomic mass is 10.00. The number of rotatable bonds is 5. The summed E-state index contributed by atoms with van der Waals surface area (Å²) >= 11 is 10.7. The van der Waals surface area contributed by atoms with Crippen LogP contribution in [0.5, 0.6) is 0 Å². The molecule has 2 aromatic carbocycles. The largest absolute Gasteiger partial charge is 0.294 e. The van der Waals surface area contributed by atoms with Gasteiger partial charge in [0.1, 0.15) is 5.82 Å². The minimum Gasteiger partial charge on any atom is -0.294 e. The average molecular weight is 307 g/mol. The van der Waals surface area contributed by atoms with Crippen LogP contribution in [0.25, 0.3) is 0 Å². The minimum absolute atomic E-state index is 0.134. The Balaban J connectivity index is 2.10. The Labute approximate surface area is 127 Å². The van der Waals surface area contributed by atoms with Crippen molar-refractivity contribution in [2.24, 2.45) is 0 Å². The van der Waals surface area contributed by atoms with Gasteiger partial charge in [0, 0.05) is 22.4 Å². The zero-order valence-electron chi connectivity index (χ0n) is 10.6. The fraction of sp³-hybridized carbons (Fsp3) is 0.125. The number of benzene rings is 2. The lowest BCUT2D eigenvalue weighted by Gasteiger charge is -2.05. The van der Waals surface area contributed by atoms with Gasteiger partial charge < -0.3 is 0 Å². The summed E-state index contributed by atoms with van der Waals surface area (Å²) in [6, 6.07) is 11.5. The van der Waals surface area contributed by atoms with Crippen molar-refractivity contribution in [3.8, 4) is 0 Å². The van der Waals surface area contributed by atoms with Crippen molar-refractivity contribution < 1.29 is 9.18 Å². The van der Waals surface area contributed by atoms with Crippen LogP contribution in [0.15, 0.2) is 42.5 Å². The lowest BCUT2D eigenvalue weighted by Crippen LogP contribution is -2.03. The number of aryl methyl sites for hydroxylation is 1. The molecular formula is C16H12ClFOS. The van der Waals surface area contributed by atoms with Crippen LogP contribution in [0, 0.1) is 5.82 Å². The maximum absolute atomic E-state index is 13.2. The highest BCUT2D eigenvalue weighted by molar-refractivity contribution is 7.79. The summed E-state index contributed by atoms with van der Waals surface area (Å²) in [6.07, 6.45) is 0.857. The molecule has 0 aliphatic rings. The number of hydrogen-bond donors (Lipinski definition) is 0. The van der Waals surface area contributed by atoms with E-state index in [4.69, 9.17) is 23.8 Å². The molecule has 0 radical (unpaired) electrons. The molecule has 20 heavy (non-hydrogen) atoms. The van der Waals surface area contributed by atoms with Gasteiger partial charge in [-0.2, -0.15) is 0 Å². The van der Waals surface area contributed by atoms with Crippen molar-refractivity contribution >= 4 is 35.0 Å². The molecule has 0 atom stereocenters. The maximum Gasteiger partial charge on any atom is 0.163 e. The van der Waals surface area contributed by atoms with Crippen molar-refractivity contribution in [3.63, 3.8) is 0 Å². The Kier molecular flexibility index (Phi) is 4.99. The van der Waals surface area contributed by atoms with E-state index in [9.17, 15) is 9.18 Å². The van der Waals surface area contributed by atoms with E-state index in [-0.39, 0.29) is 10.8 Å². The Bertz CT molecular complexity index is 634. The quantitative estimate of drug-likeness (QED) is 0.591. The van der Waals surface area contributed by atoms with Crippen molar-refractivity contribution in [2.75, 3.05) is 0 Å². The third-order valence-electron chi connectivity index (χ3n) is 2.99. The summed E-state index contributed by atoms with van der Waals surface area (Å²) in [5.41, 5.74) is 2.25. The summed E-state index contributed by atoms with van der Waals surface area (Å²) in [7, 11) is 0. The second kappa shape index (κ2) is 6.73. The van der Waals surface area contributed by atoms with Crippen LogP contribution in [0.4, 0.5) is 4.39 Å². The highest BCUT2D eigenvalue weighted by Gasteiger charge is 2.10. The summed E-state index contributed by atoms with van der Waals surface area (Å²) in [5.74, 6) is -0.634. The Morgan fingerprint density at radius 2 is 2.00 bits per heavy atom. The van der Waals surface area contributed by atoms with Gasteiger partial charge in [0.15, 0.2) is 5.78 Å². The SMILES string of the molecule is O=C(CCc1ccccc1C=S)c1cc(F)cc(Cl)c1. The maximum atomic E-state index is 13.2. The van der Waals surface area contributed by atoms with E-state index in [0.717, 1.165) is 11.1 Å². The molecule has 0 fully saturated rings. The van der Waals surface area contributed by atoms with E-state index in [1.54, 1.807) is 5.37 Å². The second-order valence-corrected chi connectivity index (χ2v) is 5.07. The van der Waals surface area contributed by atoms with Gasteiger partial charge in [-0.3, -0.25) is 4.79 Å². The number of ketones is 1. The van der Waals surface area contributed by atoms with Crippen LogP contribution in [0.3, 0.4) is 0 Å². The van der Waals surface area contributed by atoms with Crippen molar-refractivity contribution in [2.45, 2.75) is 12.8 Å². The molecule has 102 valence electrons. The molecule has 0 heterocycles. The predicted molar refractivity (Wildman–Crippen MR) is 83.3 cm³/mol. The third-order valence-corrected chi connectivity index (χ3v) is 3.46. The first kappa shape index (κ1) is 14.8. The standard InChI is InChI=1S/C16H12ClFOS/c17-14-7-13(8-15(18)9-14)16(19)6-5-11-3-1-2-4-12(11)10-20/h1-4,7-10H,5-6H2. The van der Waals surface area contributed by atoms with Crippen molar-refractivity contribution in [3.05, 3.63) is 70.0 Å². The average Bonchev–Trinajstić information content (AvgIpc) is 2.44. The Morgan fingerprint density at radius 3 is 2.70 bits per heavy atom. The molecule has 0 unspecified atom stereocenters. The second-order valence-electron chi connectivity index (χ2n) is 4.40. The number of halogens is 2. The van der Waals surface area contributed by atoms with Gasteiger partial charge in [-0.1, -0.05) is 48.1 Å². The van der Waals surface area contributed by atoms with Crippen LogP contribution in [-0.4, -0.2) is 11.2 Å². The molecule has 0 amide bonds. The molecule has 2 aromatic rings. The van der Waals surface area contributed by atoms with Crippen LogP contribution < -0.4 is 0 Å². The van der Waals surface area contributed by atoms with Gasteiger partial charge in [-0.05, 0) is 35.7 Å². The number of thiocarbonyl (C=S) groups is 1. The summed E-state index contributed by atoms with van der Waals surface area (Å²) in [4.78, 5) is 12.1. The lowest BCUT2D eigenvalue weighted by molar-refractivity contribution is 0.0982. The molecule has 0 N–H and O–H groups in total. The van der Waals surface area contributed by atoms with Gasteiger partial charge >= 0.3 is 0 Å². The van der Waals surface area contributed by atoms with E-state index in [2.05, 4.69) is 0 Å². The van der Waals surface area contributed by atoms with Crippen LogP contribution >= 0.6 is 23.8 Å². The molecule has 0 bridgehead atoms. The smallest absolute Gasteiger partial charge is 0.163 e. The zero-order chi connectivity index (χ0) is 14.5. The van der Waals surface area contributed by atoms with E-state index >= 15 is 0 Å². The van der Waals surface area contributed by atoms with Gasteiger partial charge in [-0.25, -0.2) is 4.39 Å². The first-order valence-electron chi connectivity index (χ1n) is 6.12. The monoisotopic (exact) mass is 306 g/mol. The fourth-order valence-corrected chi connectivity index (χ4v) is 2.44. The third kappa shape index (κ3) is 3.71. The predicted octanol–water partition coefficient (Wildman–Crippen LogP) is 4.64. The van der Waals surface area contributed by atoms with Gasteiger partial charge in [-0.15, -0.1) is 0 Å². The van der Waals surface area contributed by atoms with E-state index in [1.807, 2.05) is 24.3 Å². The number of hydrogen-bond acceptors (Lipinski definition) is 2. The van der Waals surface area contributed by atoms with Crippen LogP contribution in [-0.2, 0) is 6.42 Å². The van der Waals surface area contributed by atoms with Gasteiger partial charge in [0.2, 0.25) is 0 Å². The van der Waals surface area contributed by atoms with E-state index in [0.29, 0.717) is 18.4 Å². The molecule has 1 nitrogen and oxygen atoms in total. The van der Waals surface area contributed by atoms with Crippen LogP contribution in [0.1, 0.15) is 27.9 Å². The first-order valence-corrected chi connectivity index (χ1v) is 6.97. The normalized spacial score (nSPS) is 10.3. The molecule has 0 saturated carbocycles. The number of Topliss-reactive ketones (excluding diaryl/α,β-unsaturated/α-hetero) is 1. The molecule has 2 rings (SSSR count). The molecule has 0 saturated heterocycles. The highest BCUT2D eigenvalue weighted by atomic mass is 35.5. The Morgan fingerprint density at radius 1 is 1.25 bits per heavy atom. The molecule has 0 spiro atoms. The molecule has 4 heteroatoms. The topological polar surface area (TPSA) is 17.1 Å². The molecule has 0 aromatic heterocycles. The first-order chi connectivity index (χ1) is 9.60. The van der Waals surface area contributed by atoms with Crippen LogP contribution in [0.2, 0.25) is 5.02 Å². The minimum atomic E-state index is -0.500. The molecular weight excluding hydrogens is 295 g/mol. The van der Waals surface area contributed by atoms with E-state index in [1.165, 1.54) is 18.2 Å². The molecule has 0 aliphatic carbocycles. The number of carbonyl (C=O) groups excluding carboxylic acids is 1. The number of carbonyl (C=O) groups is 1. The van der Waals surface area contributed by atoms with Crippen molar-refractivity contribution in [1.82, 2.24) is 0 Å². The highest BCUT2D eigenvalue weighted by Crippen LogP contribution is 2.17. The van der Waals surface area contributed by atoms with E-state index < -0.39 is 5.82 Å². The van der Waals surface area contributed by atoms with Gasteiger partial charge in [0.05, 0.1) is 0 Å². The summed E-state index contributed by atoms with van der Waals surface area (Å²) in [6.45, 7) is 0.